The van der Waals surface area contributed by atoms with Crippen molar-refractivity contribution in [1.82, 2.24) is 16.0 Å². The minimum atomic E-state index is -3.02. The Morgan fingerprint density at radius 3 is 2.50 bits per heavy atom. The number of hydrogen-bond donors (Lipinski definition) is 3. The van der Waals surface area contributed by atoms with Crippen LogP contribution in [0.15, 0.2) is 17.1 Å². The molecule has 0 aliphatic heterocycles. The van der Waals surface area contributed by atoms with Crippen molar-refractivity contribution in [3.8, 4) is 5.75 Å². The summed E-state index contributed by atoms with van der Waals surface area (Å²) in [5.74, 6) is 0.184. The molecule has 1 aromatic rings. The molecule has 0 radical (unpaired) electrons. The van der Waals surface area contributed by atoms with E-state index < -0.39 is 6.61 Å². The fourth-order valence-corrected chi connectivity index (χ4v) is 2.73. The summed E-state index contributed by atoms with van der Waals surface area (Å²) >= 11 is 11.9. The molecule has 28 heavy (non-hydrogen) atoms. The van der Waals surface area contributed by atoms with E-state index >= 15 is 0 Å². The van der Waals surface area contributed by atoms with Gasteiger partial charge in [0.1, 0.15) is 5.75 Å². The number of nitrogens with zero attached hydrogens (tertiary/aromatic N) is 1. The van der Waals surface area contributed by atoms with Gasteiger partial charge in [-0.1, -0.05) is 23.2 Å². The van der Waals surface area contributed by atoms with Gasteiger partial charge in [-0.05, 0) is 32.9 Å². The van der Waals surface area contributed by atoms with Gasteiger partial charge in [0.05, 0.1) is 11.6 Å². The highest BCUT2D eigenvalue weighted by Gasteiger charge is 2.15. The van der Waals surface area contributed by atoms with Crippen LogP contribution in [0, 0.1) is 0 Å². The Hall–Kier alpha value is -1.07. The second-order valence-electron chi connectivity index (χ2n) is 5.85. The van der Waals surface area contributed by atoms with Gasteiger partial charge in [0.2, 0.25) is 5.91 Å². The van der Waals surface area contributed by atoms with Gasteiger partial charge in [-0.3, -0.25) is 4.79 Å². The summed E-state index contributed by atoms with van der Waals surface area (Å²) in [6.45, 7) is 3.58. The Kier molecular flexibility index (Phi) is 13.5. The minimum absolute atomic E-state index is 0. The van der Waals surface area contributed by atoms with Gasteiger partial charge in [0, 0.05) is 36.1 Å². The van der Waals surface area contributed by atoms with Crippen LogP contribution in [0.2, 0.25) is 10.0 Å². The lowest BCUT2D eigenvalue weighted by Gasteiger charge is -2.14. The topological polar surface area (TPSA) is 74.8 Å². The van der Waals surface area contributed by atoms with Crippen LogP contribution in [-0.2, 0) is 11.3 Å². The molecule has 1 rings (SSSR count). The van der Waals surface area contributed by atoms with Gasteiger partial charge in [0.25, 0.3) is 0 Å². The number of amides is 1. The van der Waals surface area contributed by atoms with Gasteiger partial charge in [-0.2, -0.15) is 8.78 Å². The van der Waals surface area contributed by atoms with Crippen LogP contribution in [0.3, 0.4) is 0 Å². The summed E-state index contributed by atoms with van der Waals surface area (Å²) < 4.78 is 29.7. The summed E-state index contributed by atoms with van der Waals surface area (Å²) in [5.41, 5.74) is 0.322. The normalized spacial score (nSPS) is 11.2. The predicted molar refractivity (Wildman–Crippen MR) is 119 cm³/mol. The number of rotatable bonds is 9. The Morgan fingerprint density at radius 1 is 1.25 bits per heavy atom. The molecule has 160 valence electrons. The average molecular weight is 553 g/mol. The largest absolute Gasteiger partial charge is 0.433 e. The summed E-state index contributed by atoms with van der Waals surface area (Å²) in [6, 6.07) is 2.86. The number of aliphatic imine (C=N–C) groups is 1. The minimum Gasteiger partial charge on any atom is -0.433 e. The van der Waals surface area contributed by atoms with Gasteiger partial charge in [-0.25, -0.2) is 4.99 Å². The Balaban J connectivity index is 0.00000729. The molecule has 6 nitrogen and oxygen atoms in total. The van der Waals surface area contributed by atoms with Crippen molar-refractivity contribution >= 4 is 59.0 Å². The molecule has 1 aromatic carbocycles. The van der Waals surface area contributed by atoms with E-state index in [2.05, 4.69) is 25.7 Å². The SMILES string of the molecule is CCNC(=NCc1cc(Cl)cc(Cl)c1OC(F)F)NCCC(=O)NC(C)C.I. The lowest BCUT2D eigenvalue weighted by molar-refractivity contribution is -0.121. The molecule has 1 amide bonds. The molecule has 0 atom stereocenters. The van der Waals surface area contributed by atoms with Crippen LogP contribution in [0.1, 0.15) is 32.8 Å². The van der Waals surface area contributed by atoms with Crippen LogP contribution in [0.5, 0.6) is 5.75 Å². The third-order valence-electron chi connectivity index (χ3n) is 3.14. The van der Waals surface area contributed by atoms with Crippen LogP contribution in [0.4, 0.5) is 8.78 Å². The molecular formula is C17H25Cl2F2IN4O2. The van der Waals surface area contributed by atoms with E-state index in [1.54, 1.807) is 0 Å². The zero-order valence-electron chi connectivity index (χ0n) is 15.8. The van der Waals surface area contributed by atoms with Crippen molar-refractivity contribution in [2.75, 3.05) is 13.1 Å². The summed E-state index contributed by atoms with van der Waals surface area (Å²) in [4.78, 5) is 16.0. The first-order valence-electron chi connectivity index (χ1n) is 8.47. The molecule has 0 aliphatic rings. The van der Waals surface area contributed by atoms with E-state index in [0.717, 1.165) is 0 Å². The molecule has 0 aliphatic carbocycles. The molecule has 0 saturated heterocycles. The second-order valence-corrected chi connectivity index (χ2v) is 6.69. The van der Waals surface area contributed by atoms with Gasteiger partial charge in [0.15, 0.2) is 5.96 Å². The number of halogens is 5. The molecule has 0 fully saturated rings. The number of guanidine groups is 1. The highest BCUT2D eigenvalue weighted by Crippen LogP contribution is 2.34. The van der Waals surface area contributed by atoms with Crippen molar-refractivity contribution in [2.45, 2.75) is 46.4 Å². The fraction of sp³-hybridized carbons (Fsp3) is 0.529. The number of alkyl halides is 2. The zero-order chi connectivity index (χ0) is 20.4. The lowest BCUT2D eigenvalue weighted by atomic mass is 10.2. The van der Waals surface area contributed by atoms with Crippen LogP contribution in [-0.4, -0.2) is 37.6 Å². The van der Waals surface area contributed by atoms with E-state index in [9.17, 15) is 13.6 Å². The highest BCUT2D eigenvalue weighted by molar-refractivity contribution is 14.0. The Bertz CT molecular complexity index is 664. The third kappa shape index (κ3) is 10.5. The van der Waals surface area contributed by atoms with Crippen molar-refractivity contribution in [2.24, 2.45) is 4.99 Å². The monoisotopic (exact) mass is 552 g/mol. The summed E-state index contributed by atoms with van der Waals surface area (Å²) in [6.07, 6.45) is 0.269. The maximum absolute atomic E-state index is 12.6. The molecule has 0 heterocycles. The first-order chi connectivity index (χ1) is 12.7. The second kappa shape index (κ2) is 14.0. The first kappa shape index (κ1) is 26.9. The maximum atomic E-state index is 12.6. The first-order valence-corrected chi connectivity index (χ1v) is 9.22. The van der Waals surface area contributed by atoms with Crippen LogP contribution < -0.4 is 20.7 Å². The van der Waals surface area contributed by atoms with Crippen molar-refractivity contribution in [3.05, 3.63) is 27.7 Å². The number of carbonyl (C=O) groups excluding carboxylic acids is 1. The fourth-order valence-electron chi connectivity index (χ4n) is 2.15. The standard InChI is InChI=1S/C17H24Cl2F2N4O2.HI/c1-4-22-17(23-6-5-14(26)25-10(2)3)24-9-11-7-12(18)8-13(19)15(11)27-16(20)21;/h7-8,10,16H,4-6,9H2,1-3H3,(H,25,26)(H2,22,23,24);1H. The molecule has 0 unspecified atom stereocenters. The maximum Gasteiger partial charge on any atom is 0.387 e. The molecule has 0 aromatic heterocycles. The number of nitrogens with one attached hydrogen (secondary N) is 3. The van der Waals surface area contributed by atoms with E-state index in [0.29, 0.717) is 24.6 Å². The van der Waals surface area contributed by atoms with E-state index in [1.165, 1.54) is 12.1 Å². The number of carbonyl (C=O) groups is 1. The molecule has 0 saturated carbocycles. The van der Waals surface area contributed by atoms with Crippen LogP contribution >= 0.6 is 47.2 Å². The smallest absolute Gasteiger partial charge is 0.387 e. The Labute approximate surface area is 190 Å². The lowest BCUT2D eigenvalue weighted by Crippen LogP contribution is -2.40. The summed E-state index contributed by atoms with van der Waals surface area (Å²) in [7, 11) is 0. The van der Waals surface area contributed by atoms with Gasteiger partial charge >= 0.3 is 6.61 Å². The summed E-state index contributed by atoms with van der Waals surface area (Å²) in [5, 5.41) is 9.07. The molecule has 3 N–H and O–H groups in total. The molecule has 11 heteroatoms. The predicted octanol–water partition coefficient (Wildman–Crippen LogP) is 4.18. The average Bonchev–Trinajstić information content (AvgIpc) is 2.54. The van der Waals surface area contributed by atoms with Crippen molar-refractivity contribution in [3.63, 3.8) is 0 Å². The van der Waals surface area contributed by atoms with Crippen LogP contribution in [0.25, 0.3) is 0 Å². The molecular weight excluding hydrogens is 528 g/mol. The third-order valence-corrected chi connectivity index (χ3v) is 3.64. The number of benzene rings is 1. The van der Waals surface area contributed by atoms with E-state index in [1.807, 2.05) is 20.8 Å². The van der Waals surface area contributed by atoms with Crippen molar-refractivity contribution < 1.29 is 18.3 Å². The van der Waals surface area contributed by atoms with E-state index in [-0.39, 0.29) is 64.7 Å². The van der Waals surface area contributed by atoms with E-state index in [4.69, 9.17) is 23.2 Å². The van der Waals surface area contributed by atoms with Gasteiger partial charge < -0.3 is 20.7 Å². The number of hydrogen-bond acceptors (Lipinski definition) is 3. The van der Waals surface area contributed by atoms with Gasteiger partial charge in [-0.15, -0.1) is 24.0 Å². The quantitative estimate of drug-likeness (QED) is 0.244. The molecule has 0 spiro atoms. The Morgan fingerprint density at radius 2 is 1.93 bits per heavy atom. The van der Waals surface area contributed by atoms with Crippen molar-refractivity contribution in [1.29, 1.82) is 0 Å². The number of ether oxygens (including phenoxy) is 1. The molecule has 0 bridgehead atoms. The highest BCUT2D eigenvalue weighted by atomic mass is 127. The zero-order valence-corrected chi connectivity index (χ0v) is 19.7.